The number of amides is 2. The third kappa shape index (κ3) is 4.57. The van der Waals surface area contributed by atoms with Gasteiger partial charge in [-0.25, -0.2) is 0 Å². The Morgan fingerprint density at radius 1 is 1.04 bits per heavy atom. The zero-order valence-corrected chi connectivity index (χ0v) is 14.5. The molecule has 1 heterocycles. The van der Waals surface area contributed by atoms with Crippen molar-refractivity contribution in [2.75, 3.05) is 26.2 Å². The second-order valence-electron chi connectivity index (χ2n) is 6.39. The van der Waals surface area contributed by atoms with E-state index in [4.69, 9.17) is 0 Å². The fraction of sp³-hybridized carbons (Fsp3) is 0.579. The van der Waals surface area contributed by atoms with E-state index in [1.54, 1.807) is 0 Å². The molecule has 0 aliphatic carbocycles. The fourth-order valence-corrected chi connectivity index (χ4v) is 3.18. The average Bonchev–Trinajstić information content (AvgIpc) is 2.56. The quantitative estimate of drug-likeness (QED) is 0.838. The summed E-state index contributed by atoms with van der Waals surface area (Å²) in [5, 5.41) is 0. The van der Waals surface area contributed by atoms with Gasteiger partial charge < -0.3 is 9.80 Å². The van der Waals surface area contributed by atoms with Crippen molar-refractivity contribution in [3.8, 4) is 0 Å². The van der Waals surface area contributed by atoms with E-state index in [0.717, 1.165) is 18.4 Å². The van der Waals surface area contributed by atoms with Crippen LogP contribution in [-0.2, 0) is 16.0 Å². The predicted molar refractivity (Wildman–Crippen MR) is 92.1 cm³/mol. The molecule has 4 nitrogen and oxygen atoms in total. The van der Waals surface area contributed by atoms with Crippen molar-refractivity contribution in [3.63, 3.8) is 0 Å². The highest BCUT2D eigenvalue weighted by Gasteiger charge is 2.27. The Kier molecular flexibility index (Phi) is 6.20. The van der Waals surface area contributed by atoms with Gasteiger partial charge in [-0.2, -0.15) is 0 Å². The van der Waals surface area contributed by atoms with Gasteiger partial charge in [0, 0.05) is 32.1 Å². The highest BCUT2D eigenvalue weighted by molar-refractivity contribution is 5.81. The van der Waals surface area contributed by atoms with Gasteiger partial charge >= 0.3 is 0 Å². The van der Waals surface area contributed by atoms with Crippen LogP contribution in [0.4, 0.5) is 0 Å². The lowest BCUT2D eigenvalue weighted by Crippen LogP contribution is -2.52. The molecular weight excluding hydrogens is 288 g/mol. The van der Waals surface area contributed by atoms with Crippen LogP contribution in [0.3, 0.4) is 0 Å². The molecule has 0 saturated carbocycles. The first kappa shape index (κ1) is 17.5. The van der Waals surface area contributed by atoms with Crippen molar-refractivity contribution < 1.29 is 9.59 Å². The van der Waals surface area contributed by atoms with Gasteiger partial charge in [-0.15, -0.1) is 0 Å². The second-order valence-corrected chi connectivity index (χ2v) is 6.39. The van der Waals surface area contributed by atoms with Crippen LogP contribution < -0.4 is 0 Å². The highest BCUT2D eigenvalue weighted by atomic mass is 16.2. The molecule has 0 aromatic heterocycles. The molecule has 23 heavy (non-hydrogen) atoms. The summed E-state index contributed by atoms with van der Waals surface area (Å²) in [6, 6.07) is 8.09. The van der Waals surface area contributed by atoms with Crippen molar-refractivity contribution in [2.45, 2.75) is 40.0 Å². The van der Waals surface area contributed by atoms with Gasteiger partial charge in [-0.1, -0.05) is 43.7 Å². The molecular formula is C19H28N2O2. The molecule has 0 spiro atoms. The predicted octanol–water partition coefficient (Wildman–Crippen LogP) is 2.64. The summed E-state index contributed by atoms with van der Waals surface area (Å²) >= 11 is 0. The monoisotopic (exact) mass is 316 g/mol. The Morgan fingerprint density at radius 2 is 1.65 bits per heavy atom. The lowest BCUT2D eigenvalue weighted by atomic mass is 10.0. The zero-order valence-electron chi connectivity index (χ0n) is 14.5. The smallest absolute Gasteiger partial charge is 0.227 e. The van der Waals surface area contributed by atoms with E-state index in [1.165, 1.54) is 5.56 Å². The Labute approximate surface area is 139 Å². The molecule has 1 aliphatic heterocycles. The lowest BCUT2D eigenvalue weighted by molar-refractivity contribution is -0.142. The van der Waals surface area contributed by atoms with E-state index in [1.807, 2.05) is 34.9 Å². The van der Waals surface area contributed by atoms with Gasteiger partial charge in [-0.3, -0.25) is 9.59 Å². The van der Waals surface area contributed by atoms with Crippen LogP contribution >= 0.6 is 0 Å². The molecule has 1 fully saturated rings. The number of hydrogen-bond donors (Lipinski definition) is 0. The van der Waals surface area contributed by atoms with Gasteiger partial charge in [0.25, 0.3) is 0 Å². The first-order valence-corrected chi connectivity index (χ1v) is 8.67. The van der Waals surface area contributed by atoms with Crippen LogP contribution in [0.2, 0.25) is 0 Å². The maximum Gasteiger partial charge on any atom is 0.227 e. The van der Waals surface area contributed by atoms with Crippen molar-refractivity contribution >= 4 is 11.8 Å². The summed E-state index contributed by atoms with van der Waals surface area (Å²) in [6.07, 6.45) is 2.23. The number of benzene rings is 1. The Morgan fingerprint density at radius 3 is 2.22 bits per heavy atom. The van der Waals surface area contributed by atoms with Crippen molar-refractivity contribution in [1.29, 1.82) is 0 Å². The van der Waals surface area contributed by atoms with E-state index in [9.17, 15) is 9.59 Å². The van der Waals surface area contributed by atoms with Gasteiger partial charge in [-0.05, 0) is 25.3 Å². The van der Waals surface area contributed by atoms with Crippen LogP contribution in [-0.4, -0.2) is 47.8 Å². The molecule has 1 aromatic rings. The molecule has 0 bridgehead atoms. The minimum Gasteiger partial charge on any atom is -0.339 e. The third-order valence-electron chi connectivity index (χ3n) is 4.72. The number of carbonyl (C=O) groups is 2. The molecule has 4 heteroatoms. The summed E-state index contributed by atoms with van der Waals surface area (Å²) in [7, 11) is 0. The molecule has 1 saturated heterocycles. The Balaban J connectivity index is 1.86. The molecule has 0 unspecified atom stereocenters. The van der Waals surface area contributed by atoms with E-state index in [-0.39, 0.29) is 17.7 Å². The topological polar surface area (TPSA) is 40.6 Å². The molecule has 1 aliphatic rings. The summed E-state index contributed by atoms with van der Waals surface area (Å²) in [5.74, 6) is 0.538. The van der Waals surface area contributed by atoms with E-state index in [0.29, 0.717) is 32.6 Å². The molecule has 1 aromatic carbocycles. The fourth-order valence-electron chi connectivity index (χ4n) is 3.18. The first-order valence-electron chi connectivity index (χ1n) is 8.67. The summed E-state index contributed by atoms with van der Waals surface area (Å²) < 4.78 is 0. The van der Waals surface area contributed by atoms with Crippen LogP contribution in [0.25, 0.3) is 0 Å². The number of rotatable bonds is 5. The zero-order chi connectivity index (χ0) is 16.8. The minimum atomic E-state index is 0.129. The number of aryl methyl sites for hydroxylation is 1. The van der Waals surface area contributed by atoms with E-state index < -0.39 is 0 Å². The van der Waals surface area contributed by atoms with Crippen LogP contribution in [0.5, 0.6) is 0 Å². The Hall–Kier alpha value is -1.84. The van der Waals surface area contributed by atoms with Crippen LogP contribution in [0, 0.1) is 12.8 Å². The van der Waals surface area contributed by atoms with Crippen LogP contribution in [0.15, 0.2) is 24.3 Å². The molecule has 2 rings (SSSR count). The molecule has 126 valence electrons. The molecule has 2 amide bonds. The summed E-state index contributed by atoms with van der Waals surface area (Å²) in [5.41, 5.74) is 2.24. The van der Waals surface area contributed by atoms with Gasteiger partial charge in [0.05, 0.1) is 6.42 Å². The first-order chi connectivity index (χ1) is 11.0. The lowest BCUT2D eigenvalue weighted by Gasteiger charge is -2.36. The third-order valence-corrected chi connectivity index (χ3v) is 4.72. The average molecular weight is 316 g/mol. The van der Waals surface area contributed by atoms with Gasteiger partial charge in [0.15, 0.2) is 0 Å². The second kappa shape index (κ2) is 8.14. The van der Waals surface area contributed by atoms with Gasteiger partial charge in [0.2, 0.25) is 11.8 Å². The normalized spacial score (nSPS) is 15.1. The number of piperazine rings is 1. The van der Waals surface area contributed by atoms with Crippen molar-refractivity contribution in [3.05, 3.63) is 35.4 Å². The highest BCUT2D eigenvalue weighted by Crippen LogP contribution is 2.15. The van der Waals surface area contributed by atoms with Crippen molar-refractivity contribution in [2.24, 2.45) is 5.92 Å². The van der Waals surface area contributed by atoms with Gasteiger partial charge in [0.1, 0.15) is 0 Å². The number of hydrogen-bond acceptors (Lipinski definition) is 2. The molecule has 0 N–H and O–H groups in total. The van der Waals surface area contributed by atoms with Crippen molar-refractivity contribution in [1.82, 2.24) is 9.80 Å². The summed E-state index contributed by atoms with van der Waals surface area (Å²) in [6.45, 7) is 8.79. The molecule has 0 radical (unpaired) electrons. The maximum atomic E-state index is 12.4. The maximum absolute atomic E-state index is 12.4. The van der Waals surface area contributed by atoms with Crippen LogP contribution in [0.1, 0.15) is 37.8 Å². The molecule has 0 atom stereocenters. The standard InChI is InChI=1S/C19H28N2O2/c1-4-17(5-2)19(23)21-11-9-20(10-12-21)18(22)14-16-8-6-7-15(3)13-16/h6-8,13,17H,4-5,9-12,14H2,1-3H3. The Bertz CT molecular complexity index is 544. The SMILES string of the molecule is CCC(CC)C(=O)N1CCN(C(=O)Cc2cccc(C)c2)CC1. The van der Waals surface area contributed by atoms with E-state index >= 15 is 0 Å². The van der Waals surface area contributed by atoms with E-state index in [2.05, 4.69) is 19.9 Å². The minimum absolute atomic E-state index is 0.129. The largest absolute Gasteiger partial charge is 0.339 e. The number of nitrogens with zero attached hydrogens (tertiary/aromatic N) is 2. The number of carbonyl (C=O) groups excluding carboxylic acids is 2. The summed E-state index contributed by atoms with van der Waals surface area (Å²) in [4.78, 5) is 28.6.